The minimum Gasteiger partial charge on any atom is 0 e. The summed E-state index contributed by atoms with van der Waals surface area (Å²) in [4.78, 5) is 0. The third-order valence-electron chi connectivity index (χ3n) is 3.18. The van der Waals surface area contributed by atoms with Crippen molar-refractivity contribution >= 4 is 11.6 Å². The maximum Gasteiger partial charge on any atom is 0 e. The molecule has 1 aromatic rings. The third kappa shape index (κ3) is 8.44. The minimum absolute atomic E-state index is 0. The molecule has 1 heterocycles. The molecule has 0 bridgehead atoms. The van der Waals surface area contributed by atoms with Crippen molar-refractivity contribution < 1.29 is 40.8 Å². The predicted molar refractivity (Wildman–Crippen MR) is 76.9 cm³/mol. The summed E-state index contributed by atoms with van der Waals surface area (Å²) in [5.41, 5.74) is 1.10. The second-order valence-electron chi connectivity index (χ2n) is 4.20. The summed E-state index contributed by atoms with van der Waals surface area (Å²) in [6, 6.07) is 7.98. The van der Waals surface area contributed by atoms with Crippen LogP contribution in [0.2, 0.25) is 0 Å². The first-order valence-electron chi connectivity index (χ1n) is 6.24. The van der Waals surface area contributed by atoms with Crippen LogP contribution in [-0.2, 0) is 36.1 Å². The second kappa shape index (κ2) is 17.4. The predicted octanol–water partition coefficient (Wildman–Crippen LogP) is 3.29. The number of halogens is 1. The van der Waals surface area contributed by atoms with Gasteiger partial charge in [0.05, 0.1) is 13.2 Å². The Hall–Kier alpha value is -0.978. The Balaban J connectivity index is -0.000000514. The quantitative estimate of drug-likeness (QED) is 0.451. The van der Waals surface area contributed by atoms with E-state index in [0.717, 1.165) is 24.3 Å². The molecule has 2 rings (SSSR count). The van der Waals surface area contributed by atoms with Crippen LogP contribution in [0.25, 0.3) is 0 Å². The molecule has 0 radical (unpaired) electrons. The van der Waals surface area contributed by atoms with Gasteiger partial charge < -0.3 is 9.47 Å². The van der Waals surface area contributed by atoms with Crippen LogP contribution in [0.3, 0.4) is 0 Å². The van der Waals surface area contributed by atoms with E-state index in [1.165, 1.54) is 0 Å². The number of benzene rings is 1. The Morgan fingerprint density at radius 2 is 1.65 bits per heavy atom. The molecule has 0 aliphatic carbocycles. The molecule has 0 aromatic heterocycles. The van der Waals surface area contributed by atoms with Gasteiger partial charge in [0, 0.05) is 40.8 Å². The number of methoxy groups -OCH3 is 1. The second-order valence-corrected chi connectivity index (χ2v) is 4.76. The van der Waals surface area contributed by atoms with Crippen LogP contribution in [-0.4, -0.2) is 19.1 Å². The molecule has 0 unspecified atom stereocenters. The van der Waals surface area contributed by atoms with Crippen LogP contribution in [0.15, 0.2) is 24.3 Å². The molecule has 5 nitrogen and oxygen atoms in total. The first kappa shape index (κ1) is 26.9. The van der Waals surface area contributed by atoms with Crippen molar-refractivity contribution in [3.8, 4) is 5.75 Å². The van der Waals surface area contributed by atoms with Gasteiger partial charge in [0.1, 0.15) is 5.75 Å². The molecular weight excluding hydrogens is 360 g/mol. The molecule has 23 heavy (non-hydrogen) atoms. The fourth-order valence-electron chi connectivity index (χ4n) is 2.19. The molecule has 1 fully saturated rings. The molecule has 3 atom stereocenters. The van der Waals surface area contributed by atoms with Crippen LogP contribution < -0.4 is 4.74 Å². The Morgan fingerprint density at radius 1 is 1.13 bits per heavy atom. The average Bonchev–Trinajstić information content (AvgIpc) is 2.62. The van der Waals surface area contributed by atoms with Crippen LogP contribution in [0.1, 0.15) is 25.0 Å². The van der Waals surface area contributed by atoms with E-state index in [-0.39, 0.29) is 28.8 Å². The molecular formula is C16H17ClCrO5. The topological polar surface area (TPSA) is 78.2 Å². The van der Waals surface area contributed by atoms with E-state index in [1.807, 2.05) is 18.2 Å². The Kier molecular flexibility index (Phi) is 20.3. The van der Waals surface area contributed by atoms with Crippen molar-refractivity contribution in [2.24, 2.45) is 5.92 Å². The van der Waals surface area contributed by atoms with E-state index in [2.05, 4.69) is 32.9 Å². The molecule has 1 aromatic carbocycles. The number of para-hydroxylation sites is 1. The van der Waals surface area contributed by atoms with E-state index < -0.39 is 0 Å². The fraction of sp³-hybridized carbons (Fsp3) is 0.438. The Bertz CT molecular complexity index is 461. The van der Waals surface area contributed by atoms with Gasteiger partial charge >= 0.3 is 33.9 Å². The summed E-state index contributed by atoms with van der Waals surface area (Å²) in [5.74, 6) is 1.19. The number of hydrogen-bond acceptors (Lipinski definition) is 2. The first-order valence-corrected chi connectivity index (χ1v) is 6.67. The van der Waals surface area contributed by atoms with Gasteiger partial charge in [-0.25, -0.2) is 0 Å². The molecule has 0 amide bonds. The van der Waals surface area contributed by atoms with E-state index in [9.17, 15) is 0 Å². The maximum absolute atomic E-state index is 7.50. The van der Waals surface area contributed by atoms with Crippen LogP contribution >= 0.6 is 11.6 Å². The molecule has 7 heteroatoms. The van der Waals surface area contributed by atoms with Gasteiger partial charge in [-0.1, -0.05) is 25.1 Å². The number of hydrogen-bond donors (Lipinski definition) is 0. The minimum atomic E-state index is 0. The Labute approximate surface area is 152 Å². The van der Waals surface area contributed by atoms with E-state index in [0.29, 0.717) is 5.92 Å². The van der Waals surface area contributed by atoms with E-state index in [4.69, 9.17) is 35.0 Å². The zero-order valence-corrected chi connectivity index (χ0v) is 14.8. The Morgan fingerprint density at radius 3 is 2.17 bits per heavy atom. The fourth-order valence-corrected chi connectivity index (χ4v) is 2.41. The van der Waals surface area contributed by atoms with Gasteiger partial charge in [-0.15, -0.1) is 11.6 Å². The first-order chi connectivity index (χ1) is 10.7. The van der Waals surface area contributed by atoms with Gasteiger partial charge in [-0.3, -0.25) is 0 Å². The molecule has 1 aliphatic heterocycles. The number of ether oxygens (including phenoxy) is 2. The third-order valence-corrected chi connectivity index (χ3v) is 3.80. The SMILES string of the molecule is COc1ccccc1[C@@H]1OCC[C@H](Cl)[C@@H]1C.[C-]#[O+].[C-]#[O+].[C-]#[O+].[Cr]. The maximum atomic E-state index is 7.50. The van der Waals surface area contributed by atoms with Crippen molar-refractivity contribution in [1.29, 1.82) is 0 Å². The molecule has 0 N–H and O–H groups in total. The summed E-state index contributed by atoms with van der Waals surface area (Å²) in [7, 11) is 1.69. The van der Waals surface area contributed by atoms with Crippen molar-refractivity contribution in [1.82, 2.24) is 0 Å². The van der Waals surface area contributed by atoms with Gasteiger partial charge in [0.2, 0.25) is 0 Å². The van der Waals surface area contributed by atoms with Gasteiger partial charge in [0.15, 0.2) is 0 Å². The van der Waals surface area contributed by atoms with Crippen LogP contribution in [0.5, 0.6) is 5.75 Å². The zero-order chi connectivity index (χ0) is 17.5. The zero-order valence-electron chi connectivity index (χ0n) is 12.8. The van der Waals surface area contributed by atoms with Crippen molar-refractivity contribution in [3.05, 3.63) is 49.8 Å². The normalized spacial score (nSPS) is 21.2. The molecule has 1 aliphatic rings. The van der Waals surface area contributed by atoms with Gasteiger partial charge in [-0.2, -0.15) is 0 Å². The molecule has 124 valence electrons. The molecule has 0 spiro atoms. The smallest absolute Gasteiger partial charge is 0 e. The largest absolute Gasteiger partial charge is 0 e. The van der Waals surface area contributed by atoms with E-state index in [1.54, 1.807) is 7.11 Å². The van der Waals surface area contributed by atoms with Gasteiger partial charge in [0.25, 0.3) is 0 Å². The van der Waals surface area contributed by atoms with Crippen molar-refractivity contribution in [2.75, 3.05) is 13.7 Å². The van der Waals surface area contributed by atoms with E-state index >= 15 is 0 Å². The monoisotopic (exact) mass is 376 g/mol. The summed E-state index contributed by atoms with van der Waals surface area (Å²) < 4.78 is 33.7. The van der Waals surface area contributed by atoms with Crippen LogP contribution in [0.4, 0.5) is 0 Å². The van der Waals surface area contributed by atoms with Crippen LogP contribution in [0, 0.1) is 25.9 Å². The summed E-state index contributed by atoms with van der Waals surface area (Å²) in [6.45, 7) is 16.4. The van der Waals surface area contributed by atoms with Gasteiger partial charge in [-0.05, 0) is 12.5 Å². The summed E-state index contributed by atoms with van der Waals surface area (Å²) in [5, 5.41) is 0.184. The average molecular weight is 377 g/mol. The van der Waals surface area contributed by atoms with Crippen molar-refractivity contribution in [2.45, 2.75) is 24.8 Å². The summed E-state index contributed by atoms with van der Waals surface area (Å²) in [6.07, 6.45) is 0.973. The molecule has 1 saturated heterocycles. The number of rotatable bonds is 2. The van der Waals surface area contributed by atoms with Crippen molar-refractivity contribution in [3.63, 3.8) is 0 Å². The number of alkyl halides is 1. The summed E-state index contributed by atoms with van der Waals surface area (Å²) >= 11 is 6.29. The standard InChI is InChI=1S/C13H17ClO2.3CO.Cr/c1-9-11(14)7-8-16-13(9)10-5-3-4-6-12(10)15-2;3*1-2;/h3-6,9,11,13H,7-8H2,1-2H3;;;;/t9-,11-,13+;;;;/m0..../s1. The molecule has 0 saturated carbocycles.